The van der Waals surface area contributed by atoms with Gasteiger partial charge in [0.25, 0.3) is 6.43 Å². The lowest BCUT2D eigenvalue weighted by atomic mass is 10.2. The Balaban J connectivity index is 2.27. The maximum Gasteiger partial charge on any atom is 0.278 e. The monoisotopic (exact) mass is 324 g/mol. The molecule has 1 aliphatic rings. The normalized spacial score (nSPS) is 18.6. The third-order valence-corrected chi connectivity index (χ3v) is 4.56. The van der Waals surface area contributed by atoms with Crippen molar-refractivity contribution in [1.29, 1.82) is 0 Å². The molecule has 1 saturated heterocycles. The smallest absolute Gasteiger partial charge is 0.278 e. The fourth-order valence-corrected chi connectivity index (χ4v) is 3.10. The molecule has 1 aromatic carbocycles. The third-order valence-electron chi connectivity index (χ3n) is 2.52. The number of amidine groups is 1. The Hall–Kier alpha value is -0.890. The van der Waals surface area contributed by atoms with Crippen molar-refractivity contribution in [2.45, 2.75) is 23.7 Å². The van der Waals surface area contributed by atoms with Gasteiger partial charge in [-0.2, -0.15) is 0 Å². The molecule has 0 aromatic heterocycles. The van der Waals surface area contributed by atoms with Gasteiger partial charge in [-0.1, -0.05) is 23.5 Å². The van der Waals surface area contributed by atoms with Gasteiger partial charge in [0.1, 0.15) is 11.5 Å². The van der Waals surface area contributed by atoms with Gasteiger partial charge in [0.05, 0.1) is 0 Å². The van der Waals surface area contributed by atoms with Gasteiger partial charge >= 0.3 is 0 Å². The van der Waals surface area contributed by atoms with Crippen LogP contribution in [-0.4, -0.2) is 29.4 Å². The first-order valence-corrected chi connectivity index (χ1v) is 7.68. The first-order chi connectivity index (χ1) is 9.47. The van der Waals surface area contributed by atoms with Crippen LogP contribution in [0, 0.1) is 12.7 Å². The van der Waals surface area contributed by atoms with E-state index in [0.29, 0.717) is 22.5 Å². The first kappa shape index (κ1) is 15.5. The number of rotatable bonds is 4. The maximum absolute atomic E-state index is 13.8. The van der Waals surface area contributed by atoms with Gasteiger partial charge in [0.15, 0.2) is 5.17 Å². The molecule has 2 rings (SSSR count). The molecule has 0 spiro atoms. The zero-order valence-corrected chi connectivity index (χ0v) is 12.1. The second-order valence-corrected chi connectivity index (χ2v) is 6.27. The van der Waals surface area contributed by atoms with Crippen LogP contribution in [0.3, 0.4) is 0 Å². The molecule has 2 nitrogen and oxygen atoms in total. The summed E-state index contributed by atoms with van der Waals surface area (Å²) in [7, 11) is 0. The number of nitrogens with one attached hydrogen (secondary N) is 1. The lowest BCUT2D eigenvalue weighted by Gasteiger charge is -2.11. The molecule has 8 heteroatoms. The molecular weight excluding hydrogens is 312 g/mol. The van der Waals surface area contributed by atoms with Crippen LogP contribution < -0.4 is 5.32 Å². The summed E-state index contributed by atoms with van der Waals surface area (Å²) in [6.45, 7) is 2.29. The molecule has 1 aromatic rings. The highest BCUT2D eigenvalue weighted by molar-refractivity contribution is 8.14. The van der Waals surface area contributed by atoms with E-state index in [-0.39, 0.29) is 10.6 Å². The Morgan fingerprint density at radius 2 is 2.10 bits per heavy atom. The quantitative estimate of drug-likeness (QED) is 0.666. The summed E-state index contributed by atoms with van der Waals surface area (Å²) in [4.78, 5) is 4.35. The Morgan fingerprint density at radius 1 is 1.35 bits per heavy atom. The Kier molecular flexibility index (Phi) is 5.20. The third kappa shape index (κ3) is 3.82. The average molecular weight is 324 g/mol. The summed E-state index contributed by atoms with van der Waals surface area (Å²) in [6.07, 6.45) is -3.08. The van der Waals surface area contributed by atoms with Gasteiger partial charge in [0, 0.05) is 17.2 Å². The number of hydrogen-bond acceptors (Lipinski definition) is 3. The Labute approximate surface area is 122 Å². The summed E-state index contributed by atoms with van der Waals surface area (Å²) < 4.78 is 51.4. The fraction of sp³-hybridized carbons (Fsp3) is 0.417. The molecule has 1 aliphatic heterocycles. The number of hydrogen-bond donors (Lipinski definition) is 1. The van der Waals surface area contributed by atoms with Gasteiger partial charge in [-0.3, -0.25) is 0 Å². The molecule has 1 atom stereocenters. The number of benzene rings is 1. The van der Waals surface area contributed by atoms with E-state index in [0.717, 1.165) is 12.3 Å². The Bertz CT molecular complexity index is 514. The predicted octanol–water partition coefficient (Wildman–Crippen LogP) is 4.11. The first-order valence-electron chi connectivity index (χ1n) is 5.82. The minimum absolute atomic E-state index is 0.0245. The van der Waals surface area contributed by atoms with Gasteiger partial charge in [-0.05, 0) is 24.6 Å². The van der Waals surface area contributed by atoms with Crippen molar-refractivity contribution in [1.82, 2.24) is 5.32 Å². The SMILES string of the molecule is Cc1cc(F)c(N=C2NCCS2)cc1SC(F)C(F)F. The largest absolute Gasteiger partial charge is 0.364 e. The fourth-order valence-electron chi connectivity index (χ4n) is 1.57. The molecule has 0 bridgehead atoms. The summed E-state index contributed by atoms with van der Waals surface area (Å²) in [6, 6.07) is 2.48. The van der Waals surface area contributed by atoms with Gasteiger partial charge in [-0.15, -0.1) is 0 Å². The summed E-state index contributed by atoms with van der Waals surface area (Å²) in [5.41, 5.74) is -1.90. The van der Waals surface area contributed by atoms with Gasteiger partial charge in [0.2, 0.25) is 5.50 Å². The Morgan fingerprint density at radius 3 is 2.70 bits per heavy atom. The molecule has 1 heterocycles. The molecule has 0 amide bonds. The minimum atomic E-state index is -3.08. The molecule has 1 fully saturated rings. The van der Waals surface area contributed by atoms with E-state index in [9.17, 15) is 17.6 Å². The summed E-state index contributed by atoms with van der Waals surface area (Å²) in [5.74, 6) is 0.285. The van der Waals surface area contributed by atoms with Crippen LogP contribution in [0.5, 0.6) is 0 Å². The molecule has 20 heavy (non-hydrogen) atoms. The van der Waals surface area contributed by atoms with E-state index in [1.165, 1.54) is 23.9 Å². The number of nitrogens with zero attached hydrogens (tertiary/aromatic N) is 1. The minimum Gasteiger partial charge on any atom is -0.364 e. The van der Waals surface area contributed by atoms with E-state index < -0.39 is 17.7 Å². The van der Waals surface area contributed by atoms with Crippen LogP contribution in [0.1, 0.15) is 5.56 Å². The van der Waals surface area contributed by atoms with E-state index in [2.05, 4.69) is 10.3 Å². The van der Waals surface area contributed by atoms with Crippen molar-refractivity contribution in [2.24, 2.45) is 4.99 Å². The summed E-state index contributed by atoms with van der Waals surface area (Å²) >= 11 is 1.83. The van der Waals surface area contributed by atoms with Crippen LogP contribution in [0.4, 0.5) is 23.2 Å². The van der Waals surface area contributed by atoms with Crippen molar-refractivity contribution >= 4 is 34.4 Å². The van der Waals surface area contributed by atoms with Crippen molar-refractivity contribution in [2.75, 3.05) is 12.3 Å². The molecule has 1 N–H and O–H groups in total. The molecule has 110 valence electrons. The van der Waals surface area contributed by atoms with Crippen LogP contribution in [0.25, 0.3) is 0 Å². The van der Waals surface area contributed by atoms with Crippen LogP contribution in [0.2, 0.25) is 0 Å². The molecule has 0 aliphatic carbocycles. The zero-order valence-electron chi connectivity index (χ0n) is 10.5. The number of thioether (sulfide) groups is 2. The van der Waals surface area contributed by atoms with Crippen molar-refractivity contribution in [3.63, 3.8) is 0 Å². The topological polar surface area (TPSA) is 24.4 Å². The van der Waals surface area contributed by atoms with Gasteiger partial charge in [-0.25, -0.2) is 22.6 Å². The highest BCUT2D eigenvalue weighted by atomic mass is 32.2. The zero-order chi connectivity index (χ0) is 14.7. The van der Waals surface area contributed by atoms with Crippen LogP contribution in [-0.2, 0) is 0 Å². The number of aryl methyl sites for hydroxylation is 1. The van der Waals surface area contributed by atoms with Crippen LogP contribution >= 0.6 is 23.5 Å². The van der Waals surface area contributed by atoms with Gasteiger partial charge < -0.3 is 5.32 Å². The van der Waals surface area contributed by atoms with Crippen molar-refractivity contribution in [3.05, 3.63) is 23.5 Å². The summed E-state index contributed by atoms with van der Waals surface area (Å²) in [5, 5.41) is 3.55. The highest BCUT2D eigenvalue weighted by Gasteiger charge is 2.22. The molecular formula is C12H12F4N2S2. The highest BCUT2D eigenvalue weighted by Crippen LogP contribution is 2.35. The average Bonchev–Trinajstić information content (AvgIpc) is 2.87. The molecule has 0 radical (unpaired) electrons. The molecule has 1 unspecified atom stereocenters. The van der Waals surface area contributed by atoms with Crippen molar-refractivity contribution in [3.8, 4) is 0 Å². The van der Waals surface area contributed by atoms with E-state index in [1.807, 2.05) is 0 Å². The predicted molar refractivity (Wildman–Crippen MR) is 75.4 cm³/mol. The number of aliphatic imine (C=N–C) groups is 1. The van der Waals surface area contributed by atoms with E-state index in [4.69, 9.17) is 0 Å². The molecule has 0 saturated carbocycles. The lowest BCUT2D eigenvalue weighted by molar-refractivity contribution is 0.0953. The number of alkyl halides is 3. The second-order valence-electron chi connectivity index (χ2n) is 4.06. The number of halogens is 4. The lowest BCUT2D eigenvalue weighted by Crippen LogP contribution is -2.12. The van der Waals surface area contributed by atoms with E-state index >= 15 is 0 Å². The second kappa shape index (κ2) is 6.71. The standard InChI is InChI=1S/C12H12F4N2S2/c1-6-4-7(13)8(18-12-17-2-3-19-12)5-9(6)20-11(16)10(14)15/h4-5,10-11H,2-3H2,1H3,(H,17,18). The van der Waals surface area contributed by atoms with Crippen molar-refractivity contribution < 1.29 is 17.6 Å². The maximum atomic E-state index is 13.8. The van der Waals surface area contributed by atoms with E-state index in [1.54, 1.807) is 6.92 Å². The van der Waals surface area contributed by atoms with Crippen LogP contribution in [0.15, 0.2) is 22.0 Å².